The average Bonchev–Trinajstić information content (AvgIpc) is 3.58. The summed E-state index contributed by atoms with van der Waals surface area (Å²) in [5.41, 5.74) is -5.17. The smallest absolute Gasteiger partial charge is 0.416 e. The molecule has 1 aromatic carbocycles. The van der Waals surface area contributed by atoms with Gasteiger partial charge in [-0.05, 0) is 30.0 Å². The number of hydrogen-bond acceptors (Lipinski definition) is 8. The molecular weight excluding hydrogens is 590 g/mol. The zero-order valence-corrected chi connectivity index (χ0v) is 23.3. The van der Waals surface area contributed by atoms with Crippen molar-refractivity contribution < 1.29 is 50.2 Å². The first-order chi connectivity index (χ1) is 19.8. The van der Waals surface area contributed by atoms with Crippen molar-refractivity contribution in [1.29, 1.82) is 0 Å². The maximum absolute atomic E-state index is 13.4. The number of carboxylic acid groups (broad SMARTS) is 1. The van der Waals surface area contributed by atoms with Crippen molar-refractivity contribution in [2.45, 2.75) is 71.4 Å². The van der Waals surface area contributed by atoms with Gasteiger partial charge in [0, 0.05) is 11.6 Å². The van der Waals surface area contributed by atoms with Crippen molar-refractivity contribution in [1.82, 2.24) is 25.3 Å². The van der Waals surface area contributed by atoms with Crippen LogP contribution in [0.2, 0.25) is 0 Å². The SMILES string of the molecule is CCCC[C@@H](C(=O)C(=O)Nc1ccn[nH]1)N(C(=O)[O-])[C@H](c1nnc(-c2cc(C(F)(F)F)cc(C(F)(F)F)c2)o1)C(C)(C)C. The Bertz CT molecular complexity index is 1410. The van der Waals surface area contributed by atoms with Gasteiger partial charge in [0.05, 0.1) is 23.4 Å². The Labute approximate surface area is 240 Å². The topological polar surface area (TPSA) is 157 Å². The molecule has 11 nitrogen and oxygen atoms in total. The Morgan fingerprint density at radius 1 is 1.02 bits per heavy atom. The number of halogens is 6. The third kappa shape index (κ3) is 7.90. The molecule has 0 aliphatic carbocycles. The Kier molecular flexibility index (Phi) is 9.56. The van der Waals surface area contributed by atoms with E-state index in [2.05, 4.69) is 25.7 Å². The van der Waals surface area contributed by atoms with Crippen LogP contribution in [-0.2, 0) is 21.9 Å². The van der Waals surface area contributed by atoms with Crippen molar-refractivity contribution in [2.75, 3.05) is 5.32 Å². The lowest BCUT2D eigenvalue weighted by molar-refractivity contribution is -0.273. The van der Waals surface area contributed by atoms with Gasteiger partial charge in [0.15, 0.2) is 0 Å². The minimum Gasteiger partial charge on any atom is -0.530 e. The maximum atomic E-state index is 13.4. The van der Waals surface area contributed by atoms with Crippen LogP contribution in [0, 0.1) is 5.41 Å². The third-order valence-electron chi connectivity index (χ3n) is 6.26. The first kappa shape index (κ1) is 33.1. The van der Waals surface area contributed by atoms with E-state index in [1.54, 1.807) is 6.92 Å². The fraction of sp³-hybridized carbons (Fsp3) is 0.462. The summed E-state index contributed by atoms with van der Waals surface area (Å²) in [5, 5.41) is 28.2. The molecule has 0 fully saturated rings. The number of H-pyrrole nitrogens is 1. The largest absolute Gasteiger partial charge is 0.530 e. The molecular formula is C26H27F6N6O5-. The highest BCUT2D eigenvalue weighted by Gasteiger charge is 2.44. The second kappa shape index (κ2) is 12.4. The van der Waals surface area contributed by atoms with Crippen LogP contribution in [0.4, 0.5) is 37.0 Å². The molecule has 3 aromatic rings. The molecule has 0 aliphatic rings. The number of carbonyl (C=O) groups is 3. The van der Waals surface area contributed by atoms with Gasteiger partial charge in [-0.2, -0.15) is 31.4 Å². The number of Topliss-reactive ketones (excluding diaryl/α,β-unsaturated/α-hetero) is 1. The van der Waals surface area contributed by atoms with Crippen LogP contribution in [0.3, 0.4) is 0 Å². The van der Waals surface area contributed by atoms with Crippen LogP contribution in [0.5, 0.6) is 0 Å². The van der Waals surface area contributed by atoms with Crippen LogP contribution in [-0.4, -0.2) is 49.1 Å². The second-order valence-corrected chi connectivity index (χ2v) is 10.6. The van der Waals surface area contributed by atoms with Gasteiger partial charge in [0.25, 0.3) is 5.91 Å². The summed E-state index contributed by atoms with van der Waals surface area (Å²) in [5.74, 6) is -3.62. The summed E-state index contributed by atoms with van der Waals surface area (Å²) in [6.45, 7) is 6.28. The van der Waals surface area contributed by atoms with E-state index >= 15 is 0 Å². The number of unbranched alkanes of at least 4 members (excludes halogenated alkanes) is 1. The van der Waals surface area contributed by atoms with Crippen molar-refractivity contribution in [3.05, 3.63) is 47.5 Å². The molecule has 0 saturated heterocycles. The molecule has 2 N–H and O–H groups in total. The van der Waals surface area contributed by atoms with E-state index in [0.717, 1.165) is 0 Å². The standard InChI is InChI=1S/C26H28F6N6O5/c1-5-6-7-16(18(39)20(40)34-17-8-9-33-35-17)38(23(41)42)19(24(2,3)4)22-37-36-21(43-22)13-10-14(25(27,28)29)12-15(11-13)26(30,31)32/h8-12,16,19H,5-7H2,1-4H3,(H,41,42)(H2,33,34,35,40)/p-1/t16-,19+/m0/s1. The van der Waals surface area contributed by atoms with Crippen LogP contribution >= 0.6 is 0 Å². The van der Waals surface area contributed by atoms with E-state index in [-0.39, 0.29) is 24.7 Å². The molecule has 3 rings (SSSR count). The number of benzene rings is 1. The molecule has 17 heteroatoms. The van der Waals surface area contributed by atoms with Gasteiger partial charge in [-0.25, -0.2) is 0 Å². The zero-order chi connectivity index (χ0) is 32.3. The molecule has 43 heavy (non-hydrogen) atoms. The minimum absolute atomic E-state index is 0.0563. The van der Waals surface area contributed by atoms with E-state index < -0.39 is 76.1 Å². The van der Waals surface area contributed by atoms with Crippen LogP contribution in [0.25, 0.3) is 11.5 Å². The van der Waals surface area contributed by atoms with E-state index in [1.165, 1.54) is 33.0 Å². The number of carbonyl (C=O) groups excluding carboxylic acids is 3. The number of anilines is 1. The van der Waals surface area contributed by atoms with Crippen LogP contribution in [0.1, 0.15) is 70.0 Å². The molecule has 2 atom stereocenters. The number of aromatic nitrogens is 4. The molecule has 0 radical (unpaired) electrons. The number of rotatable bonds is 10. The van der Waals surface area contributed by atoms with Crippen LogP contribution in [0.15, 0.2) is 34.9 Å². The number of alkyl halides is 6. The monoisotopic (exact) mass is 617 g/mol. The Hall–Kier alpha value is -4.44. The second-order valence-electron chi connectivity index (χ2n) is 10.6. The van der Waals surface area contributed by atoms with Crippen molar-refractivity contribution in [3.63, 3.8) is 0 Å². The predicted molar refractivity (Wildman–Crippen MR) is 135 cm³/mol. The number of nitrogens with zero attached hydrogens (tertiary/aromatic N) is 4. The summed E-state index contributed by atoms with van der Waals surface area (Å²) in [6.07, 6.45) is -10.3. The first-order valence-electron chi connectivity index (χ1n) is 12.8. The van der Waals surface area contributed by atoms with E-state index in [9.17, 15) is 45.8 Å². The molecule has 2 aromatic heterocycles. The molecule has 2 heterocycles. The molecule has 0 bridgehead atoms. The number of amides is 2. The van der Waals surface area contributed by atoms with Gasteiger partial charge in [0.1, 0.15) is 18.0 Å². The Morgan fingerprint density at radius 3 is 2.09 bits per heavy atom. The molecule has 0 spiro atoms. The fourth-order valence-corrected chi connectivity index (χ4v) is 4.31. The summed E-state index contributed by atoms with van der Waals surface area (Å²) >= 11 is 0. The molecule has 234 valence electrons. The lowest BCUT2D eigenvalue weighted by Crippen LogP contribution is -2.56. The summed E-state index contributed by atoms with van der Waals surface area (Å²) < 4.78 is 85.9. The summed E-state index contributed by atoms with van der Waals surface area (Å²) in [6, 6.07) is -1.14. The number of hydrogen-bond donors (Lipinski definition) is 2. The van der Waals surface area contributed by atoms with E-state index in [0.29, 0.717) is 23.5 Å². The van der Waals surface area contributed by atoms with Gasteiger partial charge in [-0.1, -0.05) is 40.5 Å². The maximum Gasteiger partial charge on any atom is 0.416 e. The van der Waals surface area contributed by atoms with E-state index in [4.69, 9.17) is 4.42 Å². The molecule has 0 aliphatic heterocycles. The molecule has 0 unspecified atom stereocenters. The number of nitrogens with one attached hydrogen (secondary N) is 2. The van der Waals surface area contributed by atoms with Crippen molar-refractivity contribution in [3.8, 4) is 11.5 Å². The highest BCUT2D eigenvalue weighted by atomic mass is 19.4. The quantitative estimate of drug-likeness (QED) is 0.238. The van der Waals surface area contributed by atoms with E-state index in [1.807, 2.05) is 0 Å². The fourth-order valence-electron chi connectivity index (χ4n) is 4.31. The summed E-state index contributed by atoms with van der Waals surface area (Å²) in [4.78, 5) is 39.2. The van der Waals surface area contributed by atoms with Gasteiger partial charge in [-0.15, -0.1) is 10.2 Å². The average molecular weight is 618 g/mol. The van der Waals surface area contributed by atoms with Crippen LogP contribution < -0.4 is 10.4 Å². The lowest BCUT2D eigenvalue weighted by Gasteiger charge is -2.43. The predicted octanol–water partition coefficient (Wildman–Crippen LogP) is 5.00. The van der Waals surface area contributed by atoms with Gasteiger partial charge in [-0.3, -0.25) is 14.7 Å². The van der Waals surface area contributed by atoms with Crippen molar-refractivity contribution >= 4 is 23.6 Å². The first-order valence-corrected chi connectivity index (χ1v) is 12.8. The van der Waals surface area contributed by atoms with Crippen molar-refractivity contribution in [2.24, 2.45) is 5.41 Å². The Morgan fingerprint density at radius 2 is 1.63 bits per heavy atom. The normalized spacial score (nSPS) is 13.8. The summed E-state index contributed by atoms with van der Waals surface area (Å²) in [7, 11) is 0. The molecule has 2 amide bonds. The highest BCUT2D eigenvalue weighted by Crippen LogP contribution is 2.42. The molecule has 0 saturated carbocycles. The Balaban J connectivity index is 2.11. The lowest BCUT2D eigenvalue weighted by atomic mass is 9.84. The number of aromatic amines is 1. The minimum atomic E-state index is -5.15. The number of ketones is 1. The van der Waals surface area contributed by atoms with Gasteiger partial charge >= 0.3 is 12.4 Å². The highest BCUT2D eigenvalue weighted by molar-refractivity contribution is 6.42. The third-order valence-corrected chi connectivity index (χ3v) is 6.26. The van der Waals surface area contributed by atoms with Gasteiger partial charge < -0.3 is 24.5 Å². The van der Waals surface area contributed by atoms with Gasteiger partial charge in [0.2, 0.25) is 17.6 Å². The zero-order valence-electron chi connectivity index (χ0n) is 23.3.